The van der Waals surface area contributed by atoms with Crippen molar-refractivity contribution >= 4 is 11.3 Å². The van der Waals surface area contributed by atoms with Gasteiger partial charge in [-0.2, -0.15) is 5.10 Å². The predicted molar refractivity (Wildman–Crippen MR) is 78.8 cm³/mol. The maximum absolute atomic E-state index is 5.38. The molecule has 6 heteroatoms. The Kier molecular flexibility index (Phi) is 3.87. The van der Waals surface area contributed by atoms with Gasteiger partial charge in [-0.25, -0.2) is 4.98 Å². The zero-order valence-corrected chi connectivity index (χ0v) is 13.0. The Bertz CT molecular complexity index is 592. The summed E-state index contributed by atoms with van der Waals surface area (Å²) in [5, 5.41) is 4.40. The third-order valence-electron chi connectivity index (χ3n) is 3.97. The third kappa shape index (κ3) is 2.51. The molecule has 1 aliphatic rings. The molecule has 1 aliphatic heterocycles. The van der Waals surface area contributed by atoms with Crippen molar-refractivity contribution in [3.05, 3.63) is 33.5 Å². The van der Waals surface area contributed by atoms with Crippen molar-refractivity contribution in [2.75, 3.05) is 20.3 Å². The van der Waals surface area contributed by atoms with Gasteiger partial charge in [0.15, 0.2) is 0 Å². The fourth-order valence-corrected chi connectivity index (χ4v) is 3.66. The second-order valence-electron chi connectivity index (χ2n) is 5.35. The van der Waals surface area contributed by atoms with Crippen molar-refractivity contribution in [1.29, 1.82) is 0 Å². The number of hydrogen-bond donors (Lipinski definition) is 0. The van der Waals surface area contributed by atoms with Gasteiger partial charge in [-0.05, 0) is 6.92 Å². The Labute approximate surface area is 123 Å². The van der Waals surface area contributed by atoms with Crippen LogP contribution >= 0.6 is 11.3 Å². The van der Waals surface area contributed by atoms with E-state index in [1.54, 1.807) is 18.4 Å². The minimum absolute atomic E-state index is 0.408. The minimum Gasteiger partial charge on any atom is -0.384 e. The highest BCUT2D eigenvalue weighted by Gasteiger charge is 2.28. The largest absolute Gasteiger partial charge is 0.384 e. The van der Waals surface area contributed by atoms with Crippen LogP contribution in [0.5, 0.6) is 0 Å². The standard InChI is InChI=1S/C14H20N4OS/c1-10-14(20-9-15-10)7-18-5-11(8-19-3)12-4-16-17(2)13(12)6-18/h4,9,11H,5-8H2,1-3H3. The molecule has 0 amide bonds. The first-order chi connectivity index (χ1) is 9.69. The lowest BCUT2D eigenvalue weighted by atomic mass is 9.95. The van der Waals surface area contributed by atoms with Gasteiger partial charge in [-0.15, -0.1) is 11.3 Å². The summed E-state index contributed by atoms with van der Waals surface area (Å²) in [6.45, 7) is 5.75. The minimum atomic E-state index is 0.408. The van der Waals surface area contributed by atoms with Crippen LogP contribution in [0.1, 0.15) is 27.7 Å². The van der Waals surface area contributed by atoms with Crippen LogP contribution in [0.4, 0.5) is 0 Å². The summed E-state index contributed by atoms with van der Waals surface area (Å²) in [7, 11) is 3.78. The van der Waals surface area contributed by atoms with Gasteiger partial charge in [0, 0.05) is 50.2 Å². The van der Waals surface area contributed by atoms with E-state index in [2.05, 4.69) is 21.9 Å². The van der Waals surface area contributed by atoms with E-state index in [0.717, 1.165) is 31.9 Å². The van der Waals surface area contributed by atoms with E-state index in [4.69, 9.17) is 4.74 Å². The Morgan fingerprint density at radius 3 is 3.05 bits per heavy atom. The molecule has 1 atom stereocenters. The molecule has 3 heterocycles. The summed E-state index contributed by atoms with van der Waals surface area (Å²) in [5.41, 5.74) is 5.72. The van der Waals surface area contributed by atoms with Crippen LogP contribution in [0.15, 0.2) is 11.7 Å². The van der Waals surface area contributed by atoms with E-state index in [1.807, 2.05) is 23.4 Å². The van der Waals surface area contributed by atoms with Crippen molar-refractivity contribution < 1.29 is 4.74 Å². The Balaban J connectivity index is 1.82. The molecule has 0 bridgehead atoms. The normalized spacial score (nSPS) is 19.2. The van der Waals surface area contributed by atoms with Crippen LogP contribution in [0.3, 0.4) is 0 Å². The quantitative estimate of drug-likeness (QED) is 0.863. The van der Waals surface area contributed by atoms with Gasteiger partial charge in [0.1, 0.15) is 0 Å². The maximum atomic E-state index is 5.38. The van der Waals surface area contributed by atoms with E-state index >= 15 is 0 Å². The zero-order valence-electron chi connectivity index (χ0n) is 12.2. The molecule has 0 aliphatic carbocycles. The van der Waals surface area contributed by atoms with Crippen molar-refractivity contribution in [1.82, 2.24) is 19.7 Å². The highest BCUT2D eigenvalue weighted by atomic mass is 32.1. The summed E-state index contributed by atoms with van der Waals surface area (Å²) in [4.78, 5) is 8.16. The average Bonchev–Trinajstić information content (AvgIpc) is 2.99. The maximum Gasteiger partial charge on any atom is 0.0798 e. The van der Waals surface area contributed by atoms with E-state index in [1.165, 1.54) is 16.1 Å². The van der Waals surface area contributed by atoms with Crippen LogP contribution in [-0.2, 0) is 24.9 Å². The Morgan fingerprint density at radius 2 is 2.35 bits per heavy atom. The van der Waals surface area contributed by atoms with E-state index in [-0.39, 0.29) is 0 Å². The van der Waals surface area contributed by atoms with E-state index < -0.39 is 0 Å². The van der Waals surface area contributed by atoms with Crippen LogP contribution < -0.4 is 0 Å². The van der Waals surface area contributed by atoms with Gasteiger partial charge < -0.3 is 4.74 Å². The van der Waals surface area contributed by atoms with Crippen LogP contribution in [0.25, 0.3) is 0 Å². The molecule has 5 nitrogen and oxygen atoms in total. The SMILES string of the molecule is COCC1CN(Cc2scnc2C)Cc2c1cnn2C. The number of methoxy groups -OCH3 is 1. The molecule has 108 valence electrons. The van der Waals surface area contributed by atoms with Crippen LogP contribution in [0, 0.1) is 6.92 Å². The number of thiazole rings is 1. The number of aromatic nitrogens is 3. The molecule has 0 N–H and O–H groups in total. The van der Waals surface area contributed by atoms with E-state index in [0.29, 0.717) is 5.92 Å². The molecule has 3 rings (SSSR count). The van der Waals surface area contributed by atoms with Gasteiger partial charge >= 0.3 is 0 Å². The van der Waals surface area contributed by atoms with Crippen molar-refractivity contribution in [2.24, 2.45) is 7.05 Å². The highest BCUT2D eigenvalue weighted by Crippen LogP contribution is 2.29. The zero-order chi connectivity index (χ0) is 14.1. The van der Waals surface area contributed by atoms with Crippen LogP contribution in [-0.4, -0.2) is 39.9 Å². The number of fused-ring (bicyclic) bond motifs is 1. The van der Waals surface area contributed by atoms with Crippen LogP contribution in [0.2, 0.25) is 0 Å². The molecule has 0 radical (unpaired) electrons. The summed E-state index contributed by atoms with van der Waals surface area (Å²) in [6, 6.07) is 0. The lowest BCUT2D eigenvalue weighted by Crippen LogP contribution is -2.35. The van der Waals surface area contributed by atoms with Crippen molar-refractivity contribution in [3.63, 3.8) is 0 Å². The first kappa shape index (κ1) is 13.7. The number of nitrogens with zero attached hydrogens (tertiary/aromatic N) is 4. The molecule has 0 saturated heterocycles. The average molecular weight is 292 g/mol. The third-order valence-corrected chi connectivity index (χ3v) is 4.89. The second-order valence-corrected chi connectivity index (χ2v) is 6.29. The first-order valence-corrected chi connectivity index (χ1v) is 7.68. The summed E-state index contributed by atoms with van der Waals surface area (Å²) in [5.74, 6) is 0.408. The van der Waals surface area contributed by atoms with Crippen molar-refractivity contribution in [3.8, 4) is 0 Å². The highest BCUT2D eigenvalue weighted by molar-refractivity contribution is 7.09. The van der Waals surface area contributed by atoms with Crippen molar-refractivity contribution in [2.45, 2.75) is 25.9 Å². The molecular weight excluding hydrogens is 272 g/mol. The predicted octanol–water partition coefficient (Wildman–Crippen LogP) is 1.93. The first-order valence-electron chi connectivity index (χ1n) is 6.80. The lowest BCUT2D eigenvalue weighted by molar-refractivity contribution is 0.135. The topological polar surface area (TPSA) is 43.2 Å². The lowest BCUT2D eigenvalue weighted by Gasteiger charge is -2.32. The number of rotatable bonds is 4. The molecule has 20 heavy (non-hydrogen) atoms. The van der Waals surface area contributed by atoms with Gasteiger partial charge in [0.25, 0.3) is 0 Å². The summed E-state index contributed by atoms with van der Waals surface area (Å²) >= 11 is 1.74. The Morgan fingerprint density at radius 1 is 1.50 bits per heavy atom. The number of ether oxygens (including phenoxy) is 1. The fraction of sp³-hybridized carbons (Fsp3) is 0.571. The van der Waals surface area contributed by atoms with Gasteiger partial charge in [-0.3, -0.25) is 9.58 Å². The number of aryl methyl sites for hydroxylation is 2. The molecule has 1 unspecified atom stereocenters. The molecule has 0 spiro atoms. The number of hydrogen-bond acceptors (Lipinski definition) is 5. The van der Waals surface area contributed by atoms with E-state index in [9.17, 15) is 0 Å². The van der Waals surface area contributed by atoms with Gasteiger partial charge in [0.05, 0.1) is 29.7 Å². The summed E-state index contributed by atoms with van der Waals surface area (Å²) < 4.78 is 7.37. The fourth-order valence-electron chi connectivity index (χ4n) is 2.85. The molecule has 2 aromatic heterocycles. The molecular formula is C14H20N4OS. The molecule has 0 saturated carbocycles. The smallest absolute Gasteiger partial charge is 0.0798 e. The second kappa shape index (κ2) is 5.63. The summed E-state index contributed by atoms with van der Waals surface area (Å²) in [6.07, 6.45) is 1.99. The van der Waals surface area contributed by atoms with Gasteiger partial charge in [-0.1, -0.05) is 0 Å². The molecule has 0 fully saturated rings. The monoisotopic (exact) mass is 292 g/mol. The van der Waals surface area contributed by atoms with Gasteiger partial charge in [0.2, 0.25) is 0 Å². The Hall–Kier alpha value is -1.24. The molecule has 2 aromatic rings. The molecule has 0 aromatic carbocycles.